The largest absolute Gasteiger partial charge is 0.359 e. The van der Waals surface area contributed by atoms with Gasteiger partial charge >= 0.3 is 0 Å². The molecule has 0 fully saturated rings. The Hall–Kier alpha value is -1.94. The second kappa shape index (κ2) is 7.74. The van der Waals surface area contributed by atoms with Crippen LogP contribution in [0.25, 0.3) is 0 Å². The smallest absolute Gasteiger partial charge is 0.133 e. The van der Waals surface area contributed by atoms with Crippen LogP contribution < -0.4 is 10.2 Å². The normalized spacial score (nSPS) is 12.1. The van der Waals surface area contributed by atoms with Gasteiger partial charge in [-0.25, -0.2) is 4.98 Å². The van der Waals surface area contributed by atoms with Gasteiger partial charge in [0.1, 0.15) is 5.82 Å². The van der Waals surface area contributed by atoms with Gasteiger partial charge < -0.3 is 10.2 Å². The maximum absolute atomic E-state index is 4.57. The van der Waals surface area contributed by atoms with E-state index in [-0.39, 0.29) is 0 Å². The van der Waals surface area contributed by atoms with Crippen LogP contribution in [0.4, 0.5) is 5.82 Å². The summed E-state index contributed by atoms with van der Waals surface area (Å²) in [6.45, 7) is 6.20. The van der Waals surface area contributed by atoms with Crippen LogP contribution in [0.15, 0.2) is 42.9 Å². The third kappa shape index (κ3) is 4.26. The lowest BCUT2D eigenvalue weighted by Gasteiger charge is -2.24. The molecule has 2 aromatic rings. The van der Waals surface area contributed by atoms with Gasteiger partial charge in [0.2, 0.25) is 0 Å². The van der Waals surface area contributed by atoms with Gasteiger partial charge in [0.05, 0.1) is 0 Å². The Balaban J connectivity index is 2.06. The van der Waals surface area contributed by atoms with Gasteiger partial charge in [-0.15, -0.1) is 0 Å². The molecular formula is C17H24N4. The lowest BCUT2D eigenvalue weighted by Crippen LogP contribution is -2.26. The van der Waals surface area contributed by atoms with Crippen molar-refractivity contribution in [2.75, 3.05) is 25.0 Å². The first-order valence-corrected chi connectivity index (χ1v) is 7.50. The molecule has 0 spiro atoms. The Kier molecular flexibility index (Phi) is 5.69. The molecule has 1 unspecified atom stereocenters. The molecule has 1 N–H and O–H groups in total. The lowest BCUT2D eigenvalue weighted by atomic mass is 10.1. The van der Waals surface area contributed by atoms with Crippen molar-refractivity contribution in [2.45, 2.75) is 26.3 Å². The third-order valence-electron chi connectivity index (χ3n) is 3.64. The first kappa shape index (κ1) is 15.4. The van der Waals surface area contributed by atoms with Crippen LogP contribution in [0.2, 0.25) is 0 Å². The molecule has 0 saturated carbocycles. The van der Waals surface area contributed by atoms with E-state index < -0.39 is 0 Å². The zero-order valence-electron chi connectivity index (χ0n) is 13.1. The van der Waals surface area contributed by atoms with Crippen LogP contribution in [0, 0.1) is 0 Å². The second-order valence-electron chi connectivity index (χ2n) is 5.22. The molecule has 112 valence electrons. The van der Waals surface area contributed by atoms with E-state index in [4.69, 9.17) is 0 Å². The molecule has 2 aromatic heterocycles. The van der Waals surface area contributed by atoms with Crippen LogP contribution in [0.1, 0.15) is 31.0 Å². The minimum atomic E-state index is 0.307. The predicted octanol–water partition coefficient (Wildman–Crippen LogP) is 2.83. The number of rotatable bonds is 7. The SMILES string of the molecule is CCNC(C)c1cccnc1N(C)CCc1ccncc1. The fraction of sp³-hybridized carbons (Fsp3) is 0.412. The molecule has 4 nitrogen and oxygen atoms in total. The van der Waals surface area contributed by atoms with Crippen molar-refractivity contribution in [2.24, 2.45) is 0 Å². The molecule has 0 aromatic carbocycles. The minimum absolute atomic E-state index is 0.307. The summed E-state index contributed by atoms with van der Waals surface area (Å²) in [5, 5.41) is 3.46. The molecule has 2 heterocycles. The number of nitrogens with one attached hydrogen (secondary N) is 1. The predicted molar refractivity (Wildman–Crippen MR) is 87.5 cm³/mol. The van der Waals surface area contributed by atoms with Crippen molar-refractivity contribution in [3.8, 4) is 0 Å². The monoisotopic (exact) mass is 284 g/mol. The van der Waals surface area contributed by atoms with Gasteiger partial charge in [0.25, 0.3) is 0 Å². The van der Waals surface area contributed by atoms with Crippen molar-refractivity contribution < 1.29 is 0 Å². The molecule has 2 rings (SSSR count). The van der Waals surface area contributed by atoms with Gasteiger partial charge in [-0.1, -0.05) is 13.0 Å². The van der Waals surface area contributed by atoms with Gasteiger partial charge in [0, 0.05) is 43.8 Å². The highest BCUT2D eigenvalue weighted by Gasteiger charge is 2.13. The highest BCUT2D eigenvalue weighted by Crippen LogP contribution is 2.23. The number of hydrogen-bond donors (Lipinski definition) is 1. The van der Waals surface area contributed by atoms with Crippen LogP contribution in [0.5, 0.6) is 0 Å². The third-order valence-corrected chi connectivity index (χ3v) is 3.64. The van der Waals surface area contributed by atoms with E-state index in [1.807, 2.05) is 24.7 Å². The summed E-state index contributed by atoms with van der Waals surface area (Å²) in [6.07, 6.45) is 6.54. The quantitative estimate of drug-likeness (QED) is 0.849. The number of likely N-dealkylation sites (N-methyl/N-ethyl adjacent to an activating group) is 1. The minimum Gasteiger partial charge on any atom is -0.359 e. The van der Waals surface area contributed by atoms with E-state index in [9.17, 15) is 0 Å². The maximum atomic E-state index is 4.57. The Morgan fingerprint density at radius 3 is 2.67 bits per heavy atom. The zero-order chi connectivity index (χ0) is 15.1. The summed E-state index contributed by atoms with van der Waals surface area (Å²) < 4.78 is 0. The molecule has 0 saturated heterocycles. The topological polar surface area (TPSA) is 41.1 Å². The second-order valence-corrected chi connectivity index (χ2v) is 5.22. The molecule has 0 radical (unpaired) electrons. The highest BCUT2D eigenvalue weighted by molar-refractivity contribution is 5.47. The first-order valence-electron chi connectivity index (χ1n) is 7.50. The molecule has 0 aliphatic heterocycles. The number of hydrogen-bond acceptors (Lipinski definition) is 4. The molecule has 0 aliphatic carbocycles. The van der Waals surface area contributed by atoms with Crippen molar-refractivity contribution in [3.05, 3.63) is 54.0 Å². The van der Waals surface area contributed by atoms with Crippen molar-refractivity contribution in [3.63, 3.8) is 0 Å². The Labute approximate surface area is 127 Å². The van der Waals surface area contributed by atoms with Gasteiger partial charge in [-0.05, 0) is 43.7 Å². The van der Waals surface area contributed by atoms with Gasteiger partial charge in [0.15, 0.2) is 0 Å². The standard InChI is InChI=1S/C17H24N4/c1-4-19-14(2)16-6-5-10-20-17(16)21(3)13-9-15-7-11-18-12-8-15/h5-8,10-12,14,19H,4,9,13H2,1-3H3. The average Bonchev–Trinajstić information content (AvgIpc) is 2.54. The fourth-order valence-corrected chi connectivity index (χ4v) is 2.43. The Morgan fingerprint density at radius 2 is 1.95 bits per heavy atom. The number of anilines is 1. The highest BCUT2D eigenvalue weighted by atomic mass is 15.2. The van der Waals surface area contributed by atoms with Gasteiger partial charge in [-0.2, -0.15) is 0 Å². The summed E-state index contributed by atoms with van der Waals surface area (Å²) in [5.74, 6) is 1.06. The molecule has 0 amide bonds. The van der Waals surface area contributed by atoms with E-state index in [1.165, 1.54) is 11.1 Å². The number of nitrogens with zero attached hydrogens (tertiary/aromatic N) is 3. The van der Waals surface area contributed by atoms with E-state index in [0.29, 0.717) is 6.04 Å². The van der Waals surface area contributed by atoms with E-state index in [0.717, 1.165) is 25.3 Å². The molecule has 0 bridgehead atoms. The van der Waals surface area contributed by atoms with Crippen LogP contribution in [-0.2, 0) is 6.42 Å². The Bertz CT molecular complexity index is 541. The fourth-order valence-electron chi connectivity index (χ4n) is 2.43. The summed E-state index contributed by atoms with van der Waals surface area (Å²) in [5.41, 5.74) is 2.55. The molecule has 0 aliphatic rings. The Morgan fingerprint density at radius 1 is 1.19 bits per heavy atom. The van der Waals surface area contributed by atoms with Crippen molar-refractivity contribution in [1.29, 1.82) is 0 Å². The van der Waals surface area contributed by atoms with Crippen molar-refractivity contribution in [1.82, 2.24) is 15.3 Å². The van der Waals surface area contributed by atoms with Crippen LogP contribution in [0.3, 0.4) is 0 Å². The zero-order valence-corrected chi connectivity index (χ0v) is 13.1. The summed E-state index contributed by atoms with van der Waals surface area (Å²) >= 11 is 0. The average molecular weight is 284 g/mol. The summed E-state index contributed by atoms with van der Waals surface area (Å²) in [6, 6.07) is 8.59. The molecular weight excluding hydrogens is 260 g/mol. The maximum Gasteiger partial charge on any atom is 0.133 e. The van der Waals surface area contributed by atoms with Crippen LogP contribution in [-0.4, -0.2) is 30.1 Å². The molecule has 4 heteroatoms. The number of aromatic nitrogens is 2. The van der Waals surface area contributed by atoms with E-state index in [1.54, 1.807) is 0 Å². The van der Waals surface area contributed by atoms with Crippen LogP contribution >= 0.6 is 0 Å². The molecule has 21 heavy (non-hydrogen) atoms. The first-order chi connectivity index (χ1) is 10.2. The summed E-state index contributed by atoms with van der Waals surface area (Å²) in [7, 11) is 2.10. The lowest BCUT2D eigenvalue weighted by molar-refractivity contribution is 0.594. The summed E-state index contributed by atoms with van der Waals surface area (Å²) in [4.78, 5) is 10.8. The van der Waals surface area contributed by atoms with Gasteiger partial charge in [-0.3, -0.25) is 4.98 Å². The number of pyridine rings is 2. The molecule has 1 atom stereocenters. The van der Waals surface area contributed by atoms with Crippen molar-refractivity contribution >= 4 is 5.82 Å². The van der Waals surface area contributed by atoms with E-state index >= 15 is 0 Å². The van der Waals surface area contributed by atoms with E-state index in [2.05, 4.69) is 59.3 Å².